The number of nitrogens with one attached hydrogen (secondary N) is 2. The molecule has 0 bridgehead atoms. The number of hydrogen-bond donors (Lipinski definition) is 3. The first-order chi connectivity index (χ1) is 10.3. The number of anilines is 2. The summed E-state index contributed by atoms with van der Waals surface area (Å²) < 4.78 is 0. The fourth-order valence-corrected chi connectivity index (χ4v) is 2.22. The Morgan fingerprint density at radius 3 is 2.81 bits per heavy atom. The van der Waals surface area contributed by atoms with Crippen molar-refractivity contribution >= 4 is 22.8 Å². The predicted molar refractivity (Wildman–Crippen MR) is 82.9 cm³/mol. The summed E-state index contributed by atoms with van der Waals surface area (Å²) in [7, 11) is 2.00. The molecule has 0 fully saturated rings. The molecule has 0 unspecified atom stereocenters. The number of hydrogen-bond acceptors (Lipinski definition) is 6. The lowest BCUT2D eigenvalue weighted by Crippen LogP contribution is -2.23. The molecule has 7 nitrogen and oxygen atoms in total. The highest BCUT2D eigenvalue weighted by molar-refractivity contribution is 5.87. The molecule has 0 saturated carbocycles. The van der Waals surface area contributed by atoms with Gasteiger partial charge >= 0.3 is 0 Å². The zero-order valence-electron chi connectivity index (χ0n) is 11.7. The van der Waals surface area contributed by atoms with Gasteiger partial charge in [0.05, 0.1) is 11.6 Å². The zero-order chi connectivity index (χ0) is 14.7. The average Bonchev–Trinajstić information content (AvgIpc) is 3.01. The molecule has 3 rings (SSSR count). The molecule has 0 spiro atoms. The lowest BCUT2D eigenvalue weighted by molar-refractivity contribution is 0.862. The first-order valence-corrected chi connectivity index (χ1v) is 6.70. The number of aromatic nitrogens is 4. The lowest BCUT2D eigenvalue weighted by atomic mass is 10.1. The molecule has 0 aliphatic rings. The summed E-state index contributed by atoms with van der Waals surface area (Å²) in [4.78, 5) is 10.7. The van der Waals surface area contributed by atoms with Crippen molar-refractivity contribution in [1.29, 1.82) is 0 Å². The average molecular weight is 283 g/mol. The summed E-state index contributed by atoms with van der Waals surface area (Å²) in [6.45, 7) is 0.839. The van der Waals surface area contributed by atoms with Gasteiger partial charge in [0.1, 0.15) is 5.82 Å². The first-order valence-electron chi connectivity index (χ1n) is 6.70. The van der Waals surface area contributed by atoms with E-state index < -0.39 is 0 Å². The maximum absolute atomic E-state index is 5.42. The largest absolute Gasteiger partial charge is 0.359 e. The van der Waals surface area contributed by atoms with Gasteiger partial charge in [-0.05, 0) is 12.0 Å². The highest BCUT2D eigenvalue weighted by Gasteiger charge is 2.12. The molecule has 4 N–H and O–H groups in total. The van der Waals surface area contributed by atoms with Crippen molar-refractivity contribution in [3.05, 3.63) is 42.1 Å². The molecule has 0 saturated heterocycles. The van der Waals surface area contributed by atoms with Crippen LogP contribution in [0.5, 0.6) is 0 Å². The number of hydrazine groups is 1. The van der Waals surface area contributed by atoms with Crippen LogP contribution in [0.2, 0.25) is 0 Å². The van der Waals surface area contributed by atoms with Crippen LogP contribution in [0.3, 0.4) is 0 Å². The lowest BCUT2D eigenvalue weighted by Gasteiger charge is -2.19. The standard InChI is InChI=1S/C14H17N7/c1-21(8-7-10-5-3-2-4-6-10)13-11-9-16-20-12(11)17-14(18-13)19-15/h2-6,9H,7-8,15H2,1H3,(H2,16,17,18,19,20). The van der Waals surface area contributed by atoms with Gasteiger partial charge in [0.25, 0.3) is 0 Å². The van der Waals surface area contributed by atoms with Crippen LogP contribution in [-0.4, -0.2) is 33.8 Å². The number of likely N-dealkylation sites (N-methyl/N-ethyl adjacent to an activating group) is 1. The van der Waals surface area contributed by atoms with Gasteiger partial charge < -0.3 is 4.90 Å². The molecule has 2 heterocycles. The molecule has 108 valence electrons. The fraction of sp³-hybridized carbons (Fsp3) is 0.214. The van der Waals surface area contributed by atoms with E-state index in [-0.39, 0.29) is 0 Å². The number of nitrogens with two attached hydrogens (primary N) is 1. The Bertz CT molecular complexity index is 723. The van der Waals surface area contributed by atoms with Gasteiger partial charge in [0.15, 0.2) is 5.65 Å². The van der Waals surface area contributed by atoms with Crippen LogP contribution >= 0.6 is 0 Å². The van der Waals surface area contributed by atoms with E-state index in [0.29, 0.717) is 11.6 Å². The van der Waals surface area contributed by atoms with E-state index in [4.69, 9.17) is 5.84 Å². The number of fused-ring (bicyclic) bond motifs is 1. The molecule has 0 atom stereocenters. The van der Waals surface area contributed by atoms with Crippen LogP contribution in [0, 0.1) is 0 Å². The third-order valence-corrected chi connectivity index (χ3v) is 3.36. The summed E-state index contributed by atoms with van der Waals surface area (Å²) >= 11 is 0. The van der Waals surface area contributed by atoms with Crippen molar-refractivity contribution in [1.82, 2.24) is 20.2 Å². The molecule has 7 heteroatoms. The van der Waals surface area contributed by atoms with Crippen molar-refractivity contribution in [2.24, 2.45) is 5.84 Å². The quantitative estimate of drug-likeness (QED) is 0.483. The summed E-state index contributed by atoms with van der Waals surface area (Å²) in [5.41, 5.74) is 4.44. The Kier molecular flexibility index (Phi) is 3.65. The maximum Gasteiger partial charge on any atom is 0.241 e. The highest BCUT2D eigenvalue weighted by Crippen LogP contribution is 2.22. The summed E-state index contributed by atoms with van der Waals surface area (Å²) in [5, 5.41) is 7.73. The van der Waals surface area contributed by atoms with Gasteiger partial charge in [-0.15, -0.1) is 0 Å². The molecular formula is C14H17N7. The third-order valence-electron chi connectivity index (χ3n) is 3.36. The summed E-state index contributed by atoms with van der Waals surface area (Å²) in [6.07, 6.45) is 2.66. The first kappa shape index (κ1) is 13.3. The molecule has 21 heavy (non-hydrogen) atoms. The van der Waals surface area contributed by atoms with Crippen molar-refractivity contribution in [3.8, 4) is 0 Å². The topological polar surface area (TPSA) is 95.8 Å². The molecule has 0 amide bonds. The number of aromatic amines is 1. The van der Waals surface area contributed by atoms with E-state index in [2.05, 4.69) is 42.6 Å². The van der Waals surface area contributed by atoms with E-state index in [9.17, 15) is 0 Å². The van der Waals surface area contributed by atoms with Crippen LogP contribution in [0.25, 0.3) is 11.0 Å². The smallest absolute Gasteiger partial charge is 0.241 e. The van der Waals surface area contributed by atoms with Crippen LogP contribution in [-0.2, 0) is 6.42 Å². The fourth-order valence-electron chi connectivity index (χ4n) is 2.22. The number of H-pyrrole nitrogens is 1. The second-order valence-electron chi connectivity index (χ2n) is 4.80. The van der Waals surface area contributed by atoms with Gasteiger partial charge in [-0.25, -0.2) is 5.84 Å². The zero-order valence-corrected chi connectivity index (χ0v) is 11.7. The van der Waals surface area contributed by atoms with Crippen molar-refractivity contribution in [2.75, 3.05) is 23.9 Å². The van der Waals surface area contributed by atoms with E-state index in [0.717, 1.165) is 24.2 Å². The number of nitrogens with zero attached hydrogens (tertiary/aromatic N) is 4. The van der Waals surface area contributed by atoms with Crippen molar-refractivity contribution in [3.63, 3.8) is 0 Å². The van der Waals surface area contributed by atoms with E-state index in [1.807, 2.05) is 25.2 Å². The van der Waals surface area contributed by atoms with Crippen LogP contribution in [0.15, 0.2) is 36.5 Å². The Balaban J connectivity index is 1.83. The number of rotatable bonds is 5. The van der Waals surface area contributed by atoms with E-state index >= 15 is 0 Å². The van der Waals surface area contributed by atoms with Crippen LogP contribution in [0.1, 0.15) is 5.56 Å². The maximum atomic E-state index is 5.42. The second-order valence-corrected chi connectivity index (χ2v) is 4.80. The van der Waals surface area contributed by atoms with Gasteiger partial charge in [0, 0.05) is 13.6 Å². The van der Waals surface area contributed by atoms with Gasteiger partial charge in [0.2, 0.25) is 5.95 Å². The second kappa shape index (κ2) is 5.76. The minimum Gasteiger partial charge on any atom is -0.359 e. The minimum absolute atomic E-state index is 0.369. The Morgan fingerprint density at radius 1 is 1.24 bits per heavy atom. The highest BCUT2D eigenvalue weighted by atomic mass is 15.3. The van der Waals surface area contributed by atoms with E-state index in [1.165, 1.54) is 5.56 Å². The van der Waals surface area contributed by atoms with Crippen molar-refractivity contribution < 1.29 is 0 Å². The molecule has 2 aromatic heterocycles. The molecule has 0 radical (unpaired) electrons. The molecule has 1 aromatic carbocycles. The van der Waals surface area contributed by atoms with Gasteiger partial charge in [-0.3, -0.25) is 10.5 Å². The molecule has 3 aromatic rings. The Morgan fingerprint density at radius 2 is 2.05 bits per heavy atom. The summed E-state index contributed by atoms with van der Waals surface area (Å²) in [6, 6.07) is 10.4. The molecular weight excluding hydrogens is 266 g/mol. The van der Waals surface area contributed by atoms with Crippen molar-refractivity contribution in [2.45, 2.75) is 6.42 Å². The molecule has 0 aliphatic carbocycles. The number of nitrogen functional groups attached to an aromatic ring is 1. The van der Waals surface area contributed by atoms with Gasteiger partial charge in [-0.1, -0.05) is 30.3 Å². The molecule has 0 aliphatic heterocycles. The number of benzene rings is 1. The predicted octanol–water partition coefficient (Wildman–Crippen LogP) is 1.32. The summed E-state index contributed by atoms with van der Waals surface area (Å²) in [5.74, 6) is 6.59. The minimum atomic E-state index is 0.369. The normalized spacial score (nSPS) is 10.8. The monoisotopic (exact) mass is 283 g/mol. The van der Waals surface area contributed by atoms with E-state index in [1.54, 1.807) is 6.20 Å². The Hall–Kier alpha value is -2.67. The van der Waals surface area contributed by atoms with Gasteiger partial charge in [-0.2, -0.15) is 15.1 Å². The Labute approximate surface area is 122 Å². The van der Waals surface area contributed by atoms with Crippen LogP contribution < -0.4 is 16.2 Å². The third kappa shape index (κ3) is 2.77. The SMILES string of the molecule is CN(CCc1ccccc1)c1nc(NN)nc2[nH]ncc12. The van der Waals surface area contributed by atoms with Crippen LogP contribution in [0.4, 0.5) is 11.8 Å².